The highest BCUT2D eigenvalue weighted by molar-refractivity contribution is 5.95. The second kappa shape index (κ2) is 15.1. The number of oxime groups is 1. The van der Waals surface area contributed by atoms with Crippen LogP contribution in [0, 0.1) is 0 Å². The molecule has 3 aromatic rings. The fourth-order valence-corrected chi connectivity index (χ4v) is 6.06. The van der Waals surface area contributed by atoms with Gasteiger partial charge in [-0.2, -0.15) is 26.3 Å². The Kier molecular flexibility index (Phi) is 11.1. The number of ether oxygens (including phenoxy) is 1. The lowest BCUT2D eigenvalue weighted by Gasteiger charge is -2.42. The number of amides is 1. The quantitative estimate of drug-likeness (QED) is 0.116. The molecule has 2 aliphatic rings. The molecule has 0 saturated carbocycles. The zero-order valence-corrected chi connectivity index (χ0v) is 26.2. The predicted octanol–water partition coefficient (Wildman–Crippen LogP) is 6.08. The van der Waals surface area contributed by atoms with Crippen LogP contribution in [-0.4, -0.2) is 103 Å². The van der Waals surface area contributed by atoms with Gasteiger partial charge < -0.3 is 19.5 Å². The third kappa shape index (κ3) is 9.26. The van der Waals surface area contributed by atoms with Crippen molar-refractivity contribution in [3.63, 3.8) is 0 Å². The molecule has 2 fully saturated rings. The van der Waals surface area contributed by atoms with E-state index in [0.29, 0.717) is 51.2 Å². The lowest BCUT2D eigenvalue weighted by Crippen LogP contribution is -2.56. The van der Waals surface area contributed by atoms with Crippen molar-refractivity contribution in [2.24, 2.45) is 5.16 Å². The first-order valence-corrected chi connectivity index (χ1v) is 15.7. The highest BCUT2D eigenvalue weighted by Crippen LogP contribution is 2.37. The molecule has 0 aliphatic carbocycles. The number of aromatic nitrogens is 1. The molecule has 1 N–H and O–H groups in total. The van der Waals surface area contributed by atoms with Gasteiger partial charge in [-0.1, -0.05) is 23.4 Å². The van der Waals surface area contributed by atoms with E-state index in [-0.39, 0.29) is 12.6 Å². The van der Waals surface area contributed by atoms with Crippen molar-refractivity contribution in [1.82, 2.24) is 19.7 Å². The third-order valence-corrected chi connectivity index (χ3v) is 8.62. The summed E-state index contributed by atoms with van der Waals surface area (Å²) in [6.07, 6.45) is -6.48. The fraction of sp³-hybridized carbons (Fsp3) is 0.515. The maximum absolute atomic E-state index is 13.7. The van der Waals surface area contributed by atoms with Crippen LogP contribution in [-0.2, 0) is 28.3 Å². The van der Waals surface area contributed by atoms with E-state index in [1.54, 1.807) is 0 Å². The van der Waals surface area contributed by atoms with E-state index in [1.165, 1.54) is 4.90 Å². The standard InChI is InChI=1S/C33H39F6N5O3/c1-23(41-47-14-4-8-42-12-15-46-16-13-42)7-9-43-10-11-44(28(22-43)19-25-21-40-30-6-3-2-5-29(25)30)31(45)24-17-26(32(34,35)36)20-27(18-24)33(37,38)39/h2-3,5-6,17-18,20-21,28,40H,4,7-16,19,22H2,1H3/t28-/m1/s1. The van der Waals surface area contributed by atoms with Crippen molar-refractivity contribution < 1.29 is 40.7 Å². The van der Waals surface area contributed by atoms with Gasteiger partial charge in [0.1, 0.15) is 6.61 Å². The molecule has 3 heterocycles. The average molecular weight is 668 g/mol. The molecule has 2 aromatic carbocycles. The molecule has 2 aliphatic heterocycles. The monoisotopic (exact) mass is 667 g/mol. The van der Waals surface area contributed by atoms with Crippen molar-refractivity contribution in [3.05, 3.63) is 70.9 Å². The second-order valence-electron chi connectivity index (χ2n) is 12.0. The van der Waals surface area contributed by atoms with Gasteiger partial charge in [0.15, 0.2) is 0 Å². The van der Waals surface area contributed by atoms with Crippen LogP contribution in [0.4, 0.5) is 26.3 Å². The van der Waals surface area contributed by atoms with Crippen LogP contribution in [0.2, 0.25) is 0 Å². The molecule has 256 valence electrons. The van der Waals surface area contributed by atoms with Crippen LogP contribution in [0.25, 0.3) is 10.9 Å². The Morgan fingerprint density at radius 1 is 0.957 bits per heavy atom. The Bertz CT molecular complexity index is 1500. The zero-order chi connectivity index (χ0) is 33.6. The highest BCUT2D eigenvalue weighted by atomic mass is 19.4. The molecule has 0 unspecified atom stereocenters. The van der Waals surface area contributed by atoms with Gasteiger partial charge in [-0.25, -0.2) is 0 Å². The van der Waals surface area contributed by atoms with Crippen LogP contribution < -0.4 is 0 Å². The van der Waals surface area contributed by atoms with E-state index < -0.39 is 41.0 Å². The summed E-state index contributed by atoms with van der Waals surface area (Å²) in [6.45, 7) is 8.10. The molecule has 0 spiro atoms. The van der Waals surface area contributed by atoms with Crippen molar-refractivity contribution >= 4 is 22.5 Å². The SMILES string of the molecule is CC(CCN1CCN(C(=O)c2cc(C(F)(F)F)cc(C(F)(F)F)c2)[C@H](Cc2c[nH]c3ccccc23)C1)=NOCCCN1CCOCC1. The summed E-state index contributed by atoms with van der Waals surface area (Å²) in [5.41, 5.74) is -1.09. The van der Waals surface area contributed by atoms with Crippen LogP contribution >= 0.6 is 0 Å². The van der Waals surface area contributed by atoms with Crippen LogP contribution in [0.1, 0.15) is 46.8 Å². The Balaban J connectivity index is 1.27. The van der Waals surface area contributed by atoms with Gasteiger partial charge in [0.2, 0.25) is 0 Å². The molecule has 8 nitrogen and oxygen atoms in total. The number of carbonyl (C=O) groups excluding carboxylic acids is 1. The van der Waals surface area contributed by atoms with Crippen molar-refractivity contribution in [2.75, 3.05) is 65.6 Å². The Morgan fingerprint density at radius 2 is 1.66 bits per heavy atom. The lowest BCUT2D eigenvalue weighted by molar-refractivity contribution is -0.143. The normalized spacial score (nSPS) is 19.0. The summed E-state index contributed by atoms with van der Waals surface area (Å²) in [4.78, 5) is 28.3. The van der Waals surface area contributed by atoms with E-state index in [2.05, 4.69) is 19.9 Å². The number of benzene rings is 2. The summed E-state index contributed by atoms with van der Waals surface area (Å²) < 4.78 is 86.9. The van der Waals surface area contributed by atoms with Crippen LogP contribution in [0.5, 0.6) is 0 Å². The zero-order valence-electron chi connectivity index (χ0n) is 26.2. The largest absolute Gasteiger partial charge is 0.416 e. The van der Waals surface area contributed by atoms with Crippen molar-refractivity contribution in [1.29, 1.82) is 0 Å². The molecule has 14 heteroatoms. The number of para-hydroxylation sites is 1. The number of aromatic amines is 1. The van der Waals surface area contributed by atoms with Crippen molar-refractivity contribution in [2.45, 2.75) is 44.6 Å². The number of morpholine rings is 1. The first-order valence-electron chi connectivity index (χ1n) is 15.7. The summed E-state index contributed by atoms with van der Waals surface area (Å²) in [5, 5.41) is 5.17. The third-order valence-electron chi connectivity index (χ3n) is 8.62. The van der Waals surface area contributed by atoms with Gasteiger partial charge >= 0.3 is 12.4 Å². The first kappa shape index (κ1) is 34.7. The topological polar surface area (TPSA) is 73.4 Å². The molecule has 1 aromatic heterocycles. The lowest BCUT2D eigenvalue weighted by atomic mass is 9.98. The average Bonchev–Trinajstić information content (AvgIpc) is 3.45. The van der Waals surface area contributed by atoms with Crippen LogP contribution in [0.3, 0.4) is 0 Å². The Morgan fingerprint density at radius 3 is 2.36 bits per heavy atom. The molecular formula is C33H39F6N5O3. The smallest absolute Gasteiger partial charge is 0.396 e. The number of nitrogens with zero attached hydrogens (tertiary/aromatic N) is 4. The van der Waals surface area contributed by atoms with Crippen molar-refractivity contribution in [3.8, 4) is 0 Å². The minimum atomic E-state index is -5.05. The summed E-state index contributed by atoms with van der Waals surface area (Å²) in [5.74, 6) is -0.866. The number of nitrogens with one attached hydrogen (secondary N) is 1. The van der Waals surface area contributed by atoms with E-state index in [1.807, 2.05) is 37.4 Å². The Labute approximate surface area is 269 Å². The number of H-pyrrole nitrogens is 1. The summed E-state index contributed by atoms with van der Waals surface area (Å²) in [7, 11) is 0. The summed E-state index contributed by atoms with van der Waals surface area (Å²) in [6, 6.07) is 8.14. The van der Waals surface area contributed by atoms with Gasteiger partial charge in [-0.05, 0) is 49.6 Å². The van der Waals surface area contributed by atoms with Gasteiger partial charge in [0.25, 0.3) is 5.91 Å². The number of halogens is 6. The summed E-state index contributed by atoms with van der Waals surface area (Å²) >= 11 is 0. The number of hydrogen-bond donors (Lipinski definition) is 1. The number of carbonyl (C=O) groups is 1. The minimum Gasteiger partial charge on any atom is -0.396 e. The Hall–Kier alpha value is -3.62. The number of rotatable bonds is 11. The first-order chi connectivity index (χ1) is 22.4. The maximum Gasteiger partial charge on any atom is 0.416 e. The highest BCUT2D eigenvalue weighted by Gasteiger charge is 2.39. The number of fused-ring (bicyclic) bond motifs is 1. The second-order valence-corrected chi connectivity index (χ2v) is 12.0. The fourth-order valence-electron chi connectivity index (χ4n) is 6.06. The number of piperazine rings is 1. The molecule has 1 amide bonds. The van der Waals surface area contributed by atoms with E-state index >= 15 is 0 Å². The van der Waals surface area contributed by atoms with Gasteiger partial charge in [0.05, 0.1) is 30.1 Å². The van der Waals surface area contributed by atoms with E-state index in [0.717, 1.165) is 61.4 Å². The number of hydrogen-bond acceptors (Lipinski definition) is 6. The van der Waals surface area contributed by atoms with E-state index in [9.17, 15) is 31.1 Å². The number of alkyl halides is 6. The van der Waals surface area contributed by atoms with E-state index in [4.69, 9.17) is 9.57 Å². The van der Waals surface area contributed by atoms with Crippen LogP contribution in [0.15, 0.2) is 53.8 Å². The molecule has 5 rings (SSSR count). The predicted molar refractivity (Wildman–Crippen MR) is 165 cm³/mol. The van der Waals surface area contributed by atoms with Gasteiger partial charge in [-0.3, -0.25) is 14.6 Å². The van der Waals surface area contributed by atoms with Gasteiger partial charge in [-0.15, -0.1) is 0 Å². The molecule has 0 bridgehead atoms. The van der Waals surface area contributed by atoms with Gasteiger partial charge in [0, 0.05) is 80.9 Å². The molecular weight excluding hydrogens is 628 g/mol. The molecule has 1 atom stereocenters. The molecule has 47 heavy (non-hydrogen) atoms. The molecule has 2 saturated heterocycles. The maximum atomic E-state index is 13.7. The molecule has 0 radical (unpaired) electrons. The minimum absolute atomic E-state index is 0.0376.